The van der Waals surface area contributed by atoms with E-state index in [1.165, 1.54) is 6.33 Å². The number of amides is 1. The number of carbonyl (C=O) groups excluding carboxylic acids is 1. The molecule has 2 aromatic rings. The first kappa shape index (κ1) is 16.2. The number of hydrogen-bond acceptors (Lipinski definition) is 4. The van der Waals surface area contributed by atoms with E-state index < -0.39 is 0 Å². The summed E-state index contributed by atoms with van der Waals surface area (Å²) in [4.78, 5) is 20.3. The molecule has 0 spiro atoms. The summed E-state index contributed by atoms with van der Waals surface area (Å²) >= 11 is 5.82. The molecule has 1 amide bonds. The highest BCUT2D eigenvalue weighted by Gasteiger charge is 2.09. The summed E-state index contributed by atoms with van der Waals surface area (Å²) in [5.74, 6) is 0.982. The molecule has 2 N–H and O–H groups in total. The quantitative estimate of drug-likeness (QED) is 0.849. The second-order valence-corrected chi connectivity index (χ2v) is 5.80. The molecule has 0 aliphatic rings. The minimum absolute atomic E-state index is 0.281. The number of rotatable bonds is 6. The van der Waals surface area contributed by atoms with Gasteiger partial charge in [0.15, 0.2) is 0 Å². The van der Waals surface area contributed by atoms with E-state index in [-0.39, 0.29) is 5.91 Å². The molecular weight excluding hydrogens is 300 g/mol. The van der Waals surface area contributed by atoms with E-state index >= 15 is 0 Å². The molecule has 2 rings (SSSR count). The molecule has 0 saturated carbocycles. The monoisotopic (exact) mass is 318 g/mol. The van der Waals surface area contributed by atoms with Crippen LogP contribution in [0.4, 0.5) is 11.5 Å². The van der Waals surface area contributed by atoms with Gasteiger partial charge in [-0.05, 0) is 36.6 Å². The number of nitrogens with one attached hydrogen (secondary N) is 2. The molecule has 0 bridgehead atoms. The Hall–Kier alpha value is -2.14. The molecule has 5 nitrogen and oxygen atoms in total. The fraction of sp³-hybridized carbons (Fsp3) is 0.312. The summed E-state index contributed by atoms with van der Waals surface area (Å²) in [5, 5.41) is 6.59. The third kappa shape index (κ3) is 5.00. The highest BCUT2D eigenvalue weighted by atomic mass is 35.5. The van der Waals surface area contributed by atoms with Gasteiger partial charge in [0.25, 0.3) is 5.91 Å². The van der Waals surface area contributed by atoms with Crippen LogP contribution < -0.4 is 10.6 Å². The van der Waals surface area contributed by atoms with Crippen molar-refractivity contribution in [3.05, 3.63) is 47.4 Å². The van der Waals surface area contributed by atoms with Crippen molar-refractivity contribution in [2.75, 3.05) is 17.2 Å². The highest BCUT2D eigenvalue weighted by Crippen LogP contribution is 2.14. The maximum absolute atomic E-state index is 12.2. The van der Waals surface area contributed by atoms with Crippen molar-refractivity contribution in [2.45, 2.75) is 20.3 Å². The van der Waals surface area contributed by atoms with Crippen molar-refractivity contribution in [1.82, 2.24) is 9.97 Å². The van der Waals surface area contributed by atoms with Crippen LogP contribution >= 0.6 is 11.6 Å². The lowest BCUT2D eigenvalue weighted by molar-refractivity contribution is 0.102. The van der Waals surface area contributed by atoms with Crippen LogP contribution in [0, 0.1) is 5.92 Å². The van der Waals surface area contributed by atoms with E-state index in [1.807, 2.05) is 0 Å². The van der Waals surface area contributed by atoms with Crippen molar-refractivity contribution in [1.29, 1.82) is 0 Å². The third-order valence-electron chi connectivity index (χ3n) is 3.03. The first-order chi connectivity index (χ1) is 10.5. The van der Waals surface area contributed by atoms with Crippen LogP contribution in [0.2, 0.25) is 5.02 Å². The molecule has 0 unspecified atom stereocenters. The van der Waals surface area contributed by atoms with Crippen LogP contribution in [0.5, 0.6) is 0 Å². The average Bonchev–Trinajstić information content (AvgIpc) is 2.49. The molecule has 1 aromatic carbocycles. The largest absolute Gasteiger partial charge is 0.370 e. The predicted molar refractivity (Wildman–Crippen MR) is 89.4 cm³/mol. The van der Waals surface area contributed by atoms with Gasteiger partial charge < -0.3 is 10.6 Å². The number of aromatic nitrogens is 2. The van der Waals surface area contributed by atoms with E-state index in [9.17, 15) is 4.79 Å². The summed E-state index contributed by atoms with van der Waals surface area (Å²) < 4.78 is 0. The smallest absolute Gasteiger partial charge is 0.274 e. The molecule has 0 atom stereocenters. The van der Waals surface area contributed by atoms with E-state index in [2.05, 4.69) is 34.4 Å². The number of benzene rings is 1. The van der Waals surface area contributed by atoms with Gasteiger partial charge in [0.2, 0.25) is 0 Å². The van der Waals surface area contributed by atoms with Gasteiger partial charge in [-0.3, -0.25) is 4.79 Å². The highest BCUT2D eigenvalue weighted by molar-refractivity contribution is 6.30. The lowest BCUT2D eigenvalue weighted by atomic mass is 10.1. The van der Waals surface area contributed by atoms with Crippen molar-refractivity contribution in [2.24, 2.45) is 5.92 Å². The molecular formula is C16H19ClN4O. The number of nitrogens with zero attached hydrogens (tertiary/aromatic N) is 2. The SMILES string of the molecule is CC(C)CCNc1cc(C(=O)Nc2ccc(Cl)cc2)ncn1. The molecule has 22 heavy (non-hydrogen) atoms. The maximum atomic E-state index is 12.2. The molecule has 0 aliphatic carbocycles. The zero-order valence-corrected chi connectivity index (χ0v) is 13.4. The number of hydrogen-bond donors (Lipinski definition) is 2. The zero-order valence-electron chi connectivity index (χ0n) is 12.6. The molecule has 1 heterocycles. The number of carbonyl (C=O) groups is 1. The standard InChI is InChI=1S/C16H19ClN4O/c1-11(2)7-8-18-15-9-14(19-10-20-15)16(22)21-13-5-3-12(17)4-6-13/h3-6,9-11H,7-8H2,1-2H3,(H,21,22)(H,18,19,20). The van der Waals surface area contributed by atoms with Crippen molar-refractivity contribution in [3.63, 3.8) is 0 Å². The van der Waals surface area contributed by atoms with Crippen LogP contribution in [0.1, 0.15) is 30.8 Å². The molecule has 116 valence electrons. The summed E-state index contributed by atoms with van der Waals surface area (Å²) in [5.41, 5.74) is 0.985. The van der Waals surface area contributed by atoms with Crippen LogP contribution in [0.3, 0.4) is 0 Å². The van der Waals surface area contributed by atoms with E-state index in [1.54, 1.807) is 30.3 Å². The Bertz CT molecular complexity index is 628. The lowest BCUT2D eigenvalue weighted by Crippen LogP contribution is -2.15. The summed E-state index contributed by atoms with van der Waals surface area (Å²) in [7, 11) is 0. The molecule has 0 fully saturated rings. The normalized spacial score (nSPS) is 10.5. The van der Waals surface area contributed by atoms with Crippen LogP contribution in [-0.4, -0.2) is 22.4 Å². The Morgan fingerprint density at radius 1 is 1.23 bits per heavy atom. The van der Waals surface area contributed by atoms with Crippen molar-refractivity contribution >= 4 is 29.0 Å². The van der Waals surface area contributed by atoms with Gasteiger partial charge in [0, 0.05) is 23.3 Å². The maximum Gasteiger partial charge on any atom is 0.274 e. The van der Waals surface area contributed by atoms with Crippen LogP contribution in [0.15, 0.2) is 36.7 Å². The number of halogens is 1. The van der Waals surface area contributed by atoms with E-state index in [4.69, 9.17) is 11.6 Å². The first-order valence-electron chi connectivity index (χ1n) is 7.17. The zero-order chi connectivity index (χ0) is 15.9. The van der Waals surface area contributed by atoms with E-state index in [0.29, 0.717) is 28.1 Å². The second kappa shape index (κ2) is 7.75. The Morgan fingerprint density at radius 2 is 1.95 bits per heavy atom. The molecule has 1 aromatic heterocycles. The topological polar surface area (TPSA) is 66.9 Å². The van der Waals surface area contributed by atoms with Gasteiger partial charge in [0.05, 0.1) is 0 Å². The molecule has 0 saturated heterocycles. The third-order valence-corrected chi connectivity index (χ3v) is 3.28. The minimum Gasteiger partial charge on any atom is -0.370 e. The Kier molecular flexibility index (Phi) is 5.72. The van der Waals surface area contributed by atoms with Gasteiger partial charge in [-0.1, -0.05) is 25.4 Å². The van der Waals surface area contributed by atoms with Crippen LogP contribution in [-0.2, 0) is 0 Å². The van der Waals surface area contributed by atoms with Crippen molar-refractivity contribution < 1.29 is 4.79 Å². The average molecular weight is 319 g/mol. The fourth-order valence-corrected chi connectivity index (χ4v) is 1.92. The Balaban J connectivity index is 1.99. The van der Waals surface area contributed by atoms with Crippen molar-refractivity contribution in [3.8, 4) is 0 Å². The Labute approximate surface area is 135 Å². The van der Waals surface area contributed by atoms with Gasteiger partial charge in [-0.25, -0.2) is 9.97 Å². The predicted octanol–water partition coefficient (Wildman–Crippen LogP) is 3.84. The number of anilines is 2. The molecule has 0 radical (unpaired) electrons. The second-order valence-electron chi connectivity index (χ2n) is 5.36. The Morgan fingerprint density at radius 3 is 2.64 bits per heavy atom. The van der Waals surface area contributed by atoms with Gasteiger partial charge in [-0.15, -0.1) is 0 Å². The summed E-state index contributed by atoms with van der Waals surface area (Å²) in [6.45, 7) is 5.13. The summed E-state index contributed by atoms with van der Waals surface area (Å²) in [6, 6.07) is 8.56. The lowest BCUT2D eigenvalue weighted by Gasteiger charge is -2.09. The van der Waals surface area contributed by atoms with E-state index in [0.717, 1.165) is 13.0 Å². The van der Waals surface area contributed by atoms with Gasteiger partial charge in [-0.2, -0.15) is 0 Å². The van der Waals surface area contributed by atoms with Gasteiger partial charge >= 0.3 is 0 Å². The molecule has 6 heteroatoms. The minimum atomic E-state index is -0.281. The van der Waals surface area contributed by atoms with Gasteiger partial charge in [0.1, 0.15) is 17.8 Å². The first-order valence-corrected chi connectivity index (χ1v) is 7.55. The fourth-order valence-electron chi connectivity index (χ4n) is 1.80. The summed E-state index contributed by atoms with van der Waals surface area (Å²) in [6.07, 6.45) is 2.42. The molecule has 0 aliphatic heterocycles. The van der Waals surface area contributed by atoms with Crippen LogP contribution in [0.25, 0.3) is 0 Å².